The van der Waals surface area contributed by atoms with Crippen molar-refractivity contribution in [2.45, 2.75) is 13.1 Å². The van der Waals surface area contributed by atoms with Gasteiger partial charge in [0.2, 0.25) is 0 Å². The molecule has 1 aromatic heterocycles. The van der Waals surface area contributed by atoms with Crippen molar-refractivity contribution in [3.05, 3.63) is 58.9 Å². The number of methoxy groups -OCH3 is 1. The Morgan fingerprint density at radius 3 is 2.85 bits per heavy atom. The zero-order chi connectivity index (χ0) is 18.7. The van der Waals surface area contributed by atoms with E-state index in [1.807, 2.05) is 10.6 Å². The minimum absolute atomic E-state index is 0.0380. The van der Waals surface area contributed by atoms with E-state index in [9.17, 15) is 4.79 Å². The molecule has 7 heteroatoms. The molecule has 0 spiro atoms. The van der Waals surface area contributed by atoms with Crippen LogP contribution in [0.25, 0.3) is 11.0 Å². The molecule has 6 nitrogen and oxygen atoms in total. The Kier molecular flexibility index (Phi) is 5.44. The average Bonchev–Trinajstić information content (AvgIpc) is 3.04. The zero-order valence-electron chi connectivity index (χ0n) is 14.6. The molecule has 0 aliphatic heterocycles. The number of imidazole rings is 1. The van der Waals surface area contributed by atoms with Gasteiger partial charge in [-0.2, -0.15) is 0 Å². The third-order valence-electron chi connectivity index (χ3n) is 4.21. The molecule has 0 saturated carbocycles. The summed E-state index contributed by atoms with van der Waals surface area (Å²) in [5.74, 6) is 0.567. The Morgan fingerprint density at radius 1 is 1.31 bits per heavy atom. The highest BCUT2D eigenvalue weighted by Crippen LogP contribution is 2.24. The summed E-state index contributed by atoms with van der Waals surface area (Å²) in [6.07, 6.45) is 1.66. The highest BCUT2D eigenvalue weighted by atomic mass is 35.5. The summed E-state index contributed by atoms with van der Waals surface area (Å²) < 4.78 is 7.19. The van der Waals surface area contributed by atoms with E-state index in [4.69, 9.17) is 21.4 Å². The van der Waals surface area contributed by atoms with E-state index in [1.165, 1.54) is 0 Å². The summed E-state index contributed by atoms with van der Waals surface area (Å²) in [7, 11) is 3.32. The summed E-state index contributed by atoms with van der Waals surface area (Å²) in [5.41, 5.74) is 2.99. The molecule has 2 aromatic carbocycles. The Balaban J connectivity index is 1.82. The Hall–Kier alpha value is -2.57. The molecule has 3 aromatic rings. The number of carbonyl (C=O) groups excluding carboxylic acids is 1. The highest BCUT2D eigenvalue weighted by molar-refractivity contribution is 6.30. The molecule has 0 fully saturated rings. The van der Waals surface area contributed by atoms with E-state index in [2.05, 4.69) is 4.98 Å². The van der Waals surface area contributed by atoms with Crippen molar-refractivity contribution < 1.29 is 14.6 Å². The maximum atomic E-state index is 12.8. The highest BCUT2D eigenvalue weighted by Gasteiger charge is 2.16. The topological polar surface area (TPSA) is 67.6 Å². The van der Waals surface area contributed by atoms with Gasteiger partial charge in [-0.25, -0.2) is 4.98 Å². The lowest BCUT2D eigenvalue weighted by Gasteiger charge is -2.19. The molecular weight excluding hydrogens is 354 g/mol. The molecule has 0 unspecified atom stereocenters. The molecule has 0 aliphatic rings. The number of rotatable bonds is 6. The van der Waals surface area contributed by atoms with Gasteiger partial charge in [0.25, 0.3) is 5.91 Å². The van der Waals surface area contributed by atoms with Gasteiger partial charge in [-0.1, -0.05) is 11.6 Å². The number of hydrogen-bond donors (Lipinski definition) is 1. The number of aromatic nitrogens is 2. The average molecular weight is 374 g/mol. The van der Waals surface area contributed by atoms with Gasteiger partial charge < -0.3 is 19.3 Å². The van der Waals surface area contributed by atoms with E-state index in [-0.39, 0.29) is 12.5 Å². The monoisotopic (exact) mass is 373 g/mol. The van der Waals surface area contributed by atoms with E-state index in [1.54, 1.807) is 55.7 Å². The van der Waals surface area contributed by atoms with Crippen LogP contribution in [0, 0.1) is 0 Å². The Morgan fingerprint density at radius 2 is 2.12 bits per heavy atom. The normalized spacial score (nSPS) is 10.9. The molecular formula is C19H20ClN3O3. The van der Waals surface area contributed by atoms with Crippen molar-refractivity contribution in [2.24, 2.45) is 0 Å². The lowest BCUT2D eigenvalue weighted by molar-refractivity contribution is 0.0784. The van der Waals surface area contributed by atoms with E-state index >= 15 is 0 Å². The first-order chi connectivity index (χ1) is 12.5. The van der Waals surface area contributed by atoms with Gasteiger partial charge in [-0.3, -0.25) is 4.79 Å². The molecule has 1 amide bonds. The van der Waals surface area contributed by atoms with Crippen LogP contribution in [-0.4, -0.2) is 46.2 Å². The fraction of sp³-hybridized carbons (Fsp3) is 0.263. The Labute approximate surface area is 156 Å². The molecule has 0 radical (unpaired) electrons. The van der Waals surface area contributed by atoms with Gasteiger partial charge in [-0.05, 0) is 36.4 Å². The predicted octanol–water partition coefficient (Wildman–Crippen LogP) is 2.96. The molecule has 3 rings (SSSR count). The van der Waals surface area contributed by atoms with Crippen LogP contribution in [0.4, 0.5) is 0 Å². The maximum Gasteiger partial charge on any atom is 0.253 e. The van der Waals surface area contributed by atoms with Crippen molar-refractivity contribution in [1.82, 2.24) is 14.5 Å². The van der Waals surface area contributed by atoms with Crippen molar-refractivity contribution in [2.75, 3.05) is 20.8 Å². The number of ether oxygens (including phenoxy) is 1. The van der Waals surface area contributed by atoms with E-state index < -0.39 is 0 Å². The van der Waals surface area contributed by atoms with Crippen LogP contribution in [0.15, 0.2) is 42.7 Å². The van der Waals surface area contributed by atoms with Crippen LogP contribution in [0.5, 0.6) is 5.75 Å². The van der Waals surface area contributed by atoms with Crippen LogP contribution in [0.1, 0.15) is 15.9 Å². The number of benzene rings is 2. The summed E-state index contributed by atoms with van der Waals surface area (Å²) in [5, 5.41) is 9.68. The van der Waals surface area contributed by atoms with Crippen molar-refractivity contribution in [3.63, 3.8) is 0 Å². The van der Waals surface area contributed by atoms with Crippen LogP contribution < -0.4 is 4.74 Å². The smallest absolute Gasteiger partial charge is 0.253 e. The molecule has 1 heterocycles. The molecule has 0 atom stereocenters. The lowest BCUT2D eigenvalue weighted by atomic mass is 10.1. The van der Waals surface area contributed by atoms with E-state index in [0.29, 0.717) is 29.4 Å². The largest absolute Gasteiger partial charge is 0.496 e. The number of hydrogen-bond acceptors (Lipinski definition) is 4. The van der Waals surface area contributed by atoms with Gasteiger partial charge in [-0.15, -0.1) is 0 Å². The van der Waals surface area contributed by atoms with Gasteiger partial charge in [0, 0.05) is 36.3 Å². The quantitative estimate of drug-likeness (QED) is 0.721. The fourth-order valence-corrected chi connectivity index (χ4v) is 3.10. The minimum atomic E-state index is -0.120. The SMILES string of the molecule is COc1ccc(Cl)cc1CN(C)C(=O)c1ccc2c(c1)ncn2CCO. The molecule has 0 aliphatic carbocycles. The number of carbonyl (C=O) groups is 1. The second-order valence-electron chi connectivity index (χ2n) is 5.98. The third-order valence-corrected chi connectivity index (χ3v) is 4.44. The number of amides is 1. The van der Waals surface area contributed by atoms with Crippen molar-refractivity contribution in [3.8, 4) is 5.75 Å². The summed E-state index contributed by atoms with van der Waals surface area (Å²) in [6, 6.07) is 10.7. The zero-order valence-corrected chi connectivity index (χ0v) is 15.4. The van der Waals surface area contributed by atoms with Gasteiger partial charge in [0.1, 0.15) is 5.75 Å². The number of nitrogens with zero attached hydrogens (tertiary/aromatic N) is 3. The van der Waals surface area contributed by atoms with Crippen LogP contribution in [0.2, 0.25) is 5.02 Å². The second kappa shape index (κ2) is 7.76. The molecule has 0 saturated heterocycles. The minimum Gasteiger partial charge on any atom is -0.496 e. The second-order valence-corrected chi connectivity index (χ2v) is 6.42. The van der Waals surface area contributed by atoms with Crippen LogP contribution in [-0.2, 0) is 13.1 Å². The predicted molar refractivity (Wildman–Crippen MR) is 101 cm³/mol. The fourth-order valence-electron chi connectivity index (χ4n) is 2.90. The number of halogens is 1. The lowest BCUT2D eigenvalue weighted by Crippen LogP contribution is -2.26. The van der Waals surface area contributed by atoms with Crippen molar-refractivity contribution in [1.29, 1.82) is 0 Å². The van der Waals surface area contributed by atoms with Crippen LogP contribution in [0.3, 0.4) is 0 Å². The Bertz CT molecular complexity index is 939. The third kappa shape index (κ3) is 3.66. The van der Waals surface area contributed by atoms with Gasteiger partial charge in [0.15, 0.2) is 0 Å². The number of fused-ring (bicyclic) bond motifs is 1. The maximum absolute atomic E-state index is 12.8. The summed E-state index contributed by atoms with van der Waals surface area (Å²) in [4.78, 5) is 18.7. The molecule has 26 heavy (non-hydrogen) atoms. The molecule has 0 bridgehead atoms. The summed E-state index contributed by atoms with van der Waals surface area (Å²) in [6.45, 7) is 0.883. The van der Waals surface area contributed by atoms with Gasteiger partial charge in [0.05, 0.1) is 31.1 Å². The first-order valence-electron chi connectivity index (χ1n) is 8.17. The van der Waals surface area contributed by atoms with Crippen LogP contribution >= 0.6 is 11.6 Å². The molecule has 136 valence electrons. The van der Waals surface area contributed by atoms with E-state index in [0.717, 1.165) is 16.6 Å². The van der Waals surface area contributed by atoms with Crippen molar-refractivity contribution >= 4 is 28.5 Å². The standard InChI is InChI=1S/C19H20ClN3O3/c1-22(11-14-9-15(20)4-6-18(14)26-2)19(25)13-3-5-17-16(10-13)21-12-23(17)7-8-24/h3-6,9-10,12,24H,7-8,11H2,1-2H3. The molecule has 1 N–H and O–H groups in total. The first kappa shape index (κ1) is 18.2. The summed E-state index contributed by atoms with van der Waals surface area (Å²) >= 11 is 6.06. The van der Waals surface area contributed by atoms with Gasteiger partial charge >= 0.3 is 0 Å². The first-order valence-corrected chi connectivity index (χ1v) is 8.55. The number of aliphatic hydroxyl groups is 1. The number of aliphatic hydroxyl groups excluding tert-OH is 1.